The Labute approximate surface area is 252 Å². The van der Waals surface area contributed by atoms with Gasteiger partial charge in [0, 0.05) is 62.1 Å². The van der Waals surface area contributed by atoms with Crippen LogP contribution in [0.3, 0.4) is 0 Å². The number of aliphatic imine (C=N–C) groups is 1. The Morgan fingerprint density at radius 3 is 2.72 bits per heavy atom. The Kier molecular flexibility index (Phi) is 9.07. The van der Waals surface area contributed by atoms with Gasteiger partial charge in [-0.1, -0.05) is 33.4 Å². The largest absolute Gasteiger partial charge is 0.382 e. The molecule has 12 heteroatoms. The van der Waals surface area contributed by atoms with Gasteiger partial charge in [0.25, 0.3) is 5.91 Å². The third-order valence-electron chi connectivity index (χ3n) is 7.81. The first-order valence-electron chi connectivity index (χ1n) is 14.7. The van der Waals surface area contributed by atoms with E-state index < -0.39 is 0 Å². The maximum Gasteiger partial charge on any atom is 0.256 e. The fraction of sp³-hybridized carbons (Fsp3) is 0.452. The van der Waals surface area contributed by atoms with Crippen LogP contribution < -0.4 is 21.3 Å². The summed E-state index contributed by atoms with van der Waals surface area (Å²) in [5.74, 6) is 1.59. The molecule has 1 aromatic carbocycles. The molecule has 0 aliphatic carbocycles. The summed E-state index contributed by atoms with van der Waals surface area (Å²) in [5, 5.41) is 13.1. The summed E-state index contributed by atoms with van der Waals surface area (Å²) in [7, 11) is 0. The monoisotopic (exact) mass is 586 g/mol. The molecule has 2 aliphatic heterocycles. The number of anilines is 3. The van der Waals surface area contributed by atoms with Crippen molar-refractivity contribution in [3.05, 3.63) is 65.8 Å². The number of hydrogen-bond acceptors (Lipinski definition) is 9. The molecule has 0 spiro atoms. The number of amidine groups is 1. The zero-order valence-corrected chi connectivity index (χ0v) is 25.5. The minimum absolute atomic E-state index is 0.112. The van der Waals surface area contributed by atoms with Gasteiger partial charge in [-0.3, -0.25) is 14.8 Å². The summed E-state index contributed by atoms with van der Waals surface area (Å²) in [6.45, 7) is 18.2. The van der Waals surface area contributed by atoms with Crippen molar-refractivity contribution in [2.75, 3.05) is 61.5 Å². The van der Waals surface area contributed by atoms with Crippen LogP contribution in [-0.2, 0) is 10.2 Å². The number of aromatic amines is 1. The number of nitrogens with two attached hydrogens (primary N) is 1. The topological polar surface area (TPSA) is 150 Å². The van der Waals surface area contributed by atoms with Crippen LogP contribution in [-0.4, -0.2) is 82.7 Å². The van der Waals surface area contributed by atoms with Crippen molar-refractivity contribution in [1.82, 2.24) is 25.1 Å². The molecule has 0 saturated carbocycles. The number of benzene rings is 1. The number of ether oxygens (including phenoxy) is 1. The van der Waals surface area contributed by atoms with Gasteiger partial charge in [-0.2, -0.15) is 5.10 Å². The van der Waals surface area contributed by atoms with Crippen LogP contribution >= 0.6 is 0 Å². The maximum absolute atomic E-state index is 13.1. The van der Waals surface area contributed by atoms with Gasteiger partial charge in [-0.05, 0) is 43.2 Å². The zero-order valence-electron chi connectivity index (χ0n) is 25.5. The molecule has 3 aromatic rings. The van der Waals surface area contributed by atoms with E-state index in [1.165, 1.54) is 0 Å². The summed E-state index contributed by atoms with van der Waals surface area (Å²) >= 11 is 0. The zero-order chi connectivity index (χ0) is 30.6. The molecule has 4 heterocycles. The third kappa shape index (κ3) is 7.38. The molecule has 1 atom stereocenters. The number of amides is 1. The van der Waals surface area contributed by atoms with Gasteiger partial charge in [-0.15, -0.1) is 0 Å². The second kappa shape index (κ2) is 12.9. The smallest absolute Gasteiger partial charge is 0.256 e. The molecule has 0 bridgehead atoms. The highest BCUT2D eigenvalue weighted by atomic mass is 16.5. The Balaban J connectivity index is 1.33. The van der Waals surface area contributed by atoms with Crippen LogP contribution in [0.5, 0.6) is 0 Å². The highest BCUT2D eigenvalue weighted by Gasteiger charge is 2.25. The lowest BCUT2D eigenvalue weighted by atomic mass is 9.92. The van der Waals surface area contributed by atoms with Crippen molar-refractivity contribution in [1.29, 1.82) is 0 Å². The molecule has 2 saturated heterocycles. The van der Waals surface area contributed by atoms with E-state index in [1.54, 1.807) is 24.5 Å². The number of nitrogens with one attached hydrogen (secondary N) is 3. The van der Waals surface area contributed by atoms with Crippen LogP contribution in [0.25, 0.3) is 0 Å². The van der Waals surface area contributed by atoms with Crippen molar-refractivity contribution in [2.24, 2.45) is 16.6 Å². The van der Waals surface area contributed by atoms with Gasteiger partial charge in [0.05, 0.1) is 24.2 Å². The standard InChI is InChI=1S/C31H42N10O2/c1-6-33-24-17-34-30(41-12-10-40(11-13-41)18-21-9-14-43-19-21)37-27(24)28(32)35-23-15-22(8-7-20(23)2)29(42)36-26-16-25(38-39-26)31(3,4)5/h6-8,15-17,21,33H,1,9-14,18-19H2,2-5H3,(H2,32,35)(H2,36,38,39,42). The molecule has 2 fully saturated rings. The van der Waals surface area contributed by atoms with Gasteiger partial charge in [0.15, 0.2) is 11.7 Å². The van der Waals surface area contributed by atoms with Crippen molar-refractivity contribution >= 4 is 34.9 Å². The van der Waals surface area contributed by atoms with Crippen LogP contribution in [0.15, 0.2) is 48.2 Å². The second-order valence-electron chi connectivity index (χ2n) is 12.2. The summed E-state index contributed by atoms with van der Waals surface area (Å²) < 4.78 is 5.54. The minimum Gasteiger partial charge on any atom is -0.382 e. The lowest BCUT2D eigenvalue weighted by molar-refractivity contribution is 0.102. The number of carbonyl (C=O) groups excluding carboxylic acids is 1. The fourth-order valence-electron chi connectivity index (χ4n) is 5.17. The molecule has 12 nitrogen and oxygen atoms in total. The van der Waals surface area contributed by atoms with E-state index in [4.69, 9.17) is 20.4 Å². The molecule has 1 amide bonds. The number of aromatic nitrogens is 4. The number of piperazine rings is 1. The van der Waals surface area contributed by atoms with E-state index >= 15 is 0 Å². The average molecular weight is 587 g/mol. The Bertz CT molecular complexity index is 1480. The Hall–Kier alpha value is -4.29. The van der Waals surface area contributed by atoms with Gasteiger partial charge in [0.1, 0.15) is 5.69 Å². The van der Waals surface area contributed by atoms with Gasteiger partial charge in [-0.25, -0.2) is 15.0 Å². The number of nitrogens with zero attached hydrogens (tertiary/aromatic N) is 6. The lowest BCUT2D eigenvalue weighted by Crippen LogP contribution is -2.48. The number of rotatable bonds is 9. The SMILES string of the molecule is C=CNc1cnc(N2CCN(CC3CCOC3)CC2)nc1C(N)=Nc1cc(C(=O)Nc2cc(C(C)(C)C)[nH]n2)ccc1C. The fourth-order valence-corrected chi connectivity index (χ4v) is 5.17. The Morgan fingerprint density at radius 1 is 1.26 bits per heavy atom. The molecule has 5 N–H and O–H groups in total. The van der Waals surface area contributed by atoms with Crippen LogP contribution in [0.2, 0.25) is 0 Å². The highest BCUT2D eigenvalue weighted by molar-refractivity contribution is 6.05. The molecule has 2 aliphatic rings. The molecule has 43 heavy (non-hydrogen) atoms. The third-order valence-corrected chi connectivity index (χ3v) is 7.81. The van der Waals surface area contributed by atoms with E-state index in [9.17, 15) is 4.79 Å². The number of H-pyrrole nitrogens is 1. The molecule has 5 rings (SSSR count). The van der Waals surface area contributed by atoms with E-state index in [0.29, 0.717) is 40.3 Å². The van der Waals surface area contributed by atoms with Gasteiger partial charge < -0.3 is 26.0 Å². The quantitative estimate of drug-likeness (QED) is 0.217. The Morgan fingerprint density at radius 2 is 2.05 bits per heavy atom. The summed E-state index contributed by atoms with van der Waals surface area (Å²) in [4.78, 5) is 31.9. The predicted octanol–water partition coefficient (Wildman–Crippen LogP) is 3.81. The first kappa shape index (κ1) is 30.2. The van der Waals surface area contributed by atoms with E-state index in [0.717, 1.165) is 63.6 Å². The molecule has 228 valence electrons. The second-order valence-corrected chi connectivity index (χ2v) is 12.2. The predicted molar refractivity (Wildman–Crippen MR) is 170 cm³/mol. The van der Waals surface area contributed by atoms with Crippen molar-refractivity contribution in [3.8, 4) is 0 Å². The number of aryl methyl sites for hydroxylation is 1. The maximum atomic E-state index is 13.1. The van der Waals surface area contributed by atoms with Crippen LogP contribution in [0, 0.1) is 12.8 Å². The number of hydrogen-bond donors (Lipinski definition) is 4. The van der Waals surface area contributed by atoms with Crippen LogP contribution in [0.4, 0.5) is 23.1 Å². The molecule has 1 unspecified atom stereocenters. The normalized spacial score (nSPS) is 18.1. The van der Waals surface area contributed by atoms with Gasteiger partial charge in [0.2, 0.25) is 5.95 Å². The lowest BCUT2D eigenvalue weighted by Gasteiger charge is -2.35. The summed E-state index contributed by atoms with van der Waals surface area (Å²) in [6, 6.07) is 7.16. The van der Waals surface area contributed by atoms with E-state index in [2.05, 4.69) is 63.0 Å². The number of carbonyl (C=O) groups is 1. The van der Waals surface area contributed by atoms with E-state index in [-0.39, 0.29) is 17.2 Å². The van der Waals surface area contributed by atoms with Crippen molar-refractivity contribution in [2.45, 2.75) is 39.5 Å². The van der Waals surface area contributed by atoms with Crippen molar-refractivity contribution < 1.29 is 9.53 Å². The molecule has 0 radical (unpaired) electrons. The summed E-state index contributed by atoms with van der Waals surface area (Å²) in [6.07, 6.45) is 4.39. The minimum atomic E-state index is -0.292. The molecular formula is C31H42N10O2. The average Bonchev–Trinajstić information content (AvgIpc) is 3.67. The highest BCUT2D eigenvalue weighted by Crippen LogP contribution is 2.26. The summed E-state index contributed by atoms with van der Waals surface area (Å²) in [5.41, 5.74) is 10.3. The van der Waals surface area contributed by atoms with Crippen LogP contribution in [0.1, 0.15) is 54.5 Å². The van der Waals surface area contributed by atoms with Gasteiger partial charge >= 0.3 is 0 Å². The molecular weight excluding hydrogens is 544 g/mol. The van der Waals surface area contributed by atoms with Crippen molar-refractivity contribution in [3.63, 3.8) is 0 Å². The molecule has 2 aromatic heterocycles. The van der Waals surface area contributed by atoms with E-state index in [1.807, 2.05) is 19.1 Å². The first-order valence-corrected chi connectivity index (χ1v) is 14.7. The first-order chi connectivity index (χ1) is 20.6.